The molecule has 1 N–H and O–H groups in total. The fourth-order valence-corrected chi connectivity index (χ4v) is 4.62. The molecular formula is C31H26O. The maximum Gasteiger partial charge on any atom is 0.113 e. The summed E-state index contributed by atoms with van der Waals surface area (Å²) in [4.78, 5) is 0. The molecule has 5 rings (SSSR count). The number of aliphatic hydroxyl groups is 1. The molecule has 0 radical (unpaired) electrons. The number of benzene rings is 4. The van der Waals surface area contributed by atoms with E-state index in [0.717, 1.165) is 39.0 Å². The Hall–Kier alpha value is -3.84. The number of hydrogen-bond acceptors (Lipinski definition) is 1. The lowest BCUT2D eigenvalue weighted by Gasteiger charge is -2.18. The van der Waals surface area contributed by atoms with E-state index in [2.05, 4.69) is 86.6 Å². The van der Waals surface area contributed by atoms with Crippen molar-refractivity contribution in [3.05, 3.63) is 148 Å². The van der Waals surface area contributed by atoms with Gasteiger partial charge in [-0.3, -0.25) is 0 Å². The summed E-state index contributed by atoms with van der Waals surface area (Å²) >= 11 is 0. The van der Waals surface area contributed by atoms with E-state index in [-0.39, 0.29) is 5.92 Å². The minimum absolute atomic E-state index is 0.217. The van der Waals surface area contributed by atoms with Gasteiger partial charge in [-0.15, -0.1) is 0 Å². The van der Waals surface area contributed by atoms with Gasteiger partial charge >= 0.3 is 0 Å². The van der Waals surface area contributed by atoms with Crippen LogP contribution in [0.25, 0.3) is 16.7 Å². The third-order valence-electron chi connectivity index (χ3n) is 6.24. The van der Waals surface area contributed by atoms with E-state index in [1.807, 2.05) is 36.4 Å². The van der Waals surface area contributed by atoms with Gasteiger partial charge in [-0.1, -0.05) is 120 Å². The van der Waals surface area contributed by atoms with Gasteiger partial charge in [0.1, 0.15) is 5.76 Å². The van der Waals surface area contributed by atoms with Crippen LogP contribution in [0.2, 0.25) is 0 Å². The van der Waals surface area contributed by atoms with Gasteiger partial charge in [0.15, 0.2) is 0 Å². The first-order valence-electron chi connectivity index (χ1n) is 11.1. The van der Waals surface area contributed by atoms with Crippen molar-refractivity contribution < 1.29 is 5.11 Å². The molecule has 1 unspecified atom stereocenters. The van der Waals surface area contributed by atoms with Gasteiger partial charge in [0.25, 0.3) is 0 Å². The van der Waals surface area contributed by atoms with Gasteiger partial charge < -0.3 is 5.11 Å². The fraction of sp³-hybridized carbons (Fsp3) is 0.0968. The van der Waals surface area contributed by atoms with Crippen LogP contribution in [0.3, 0.4) is 0 Å². The van der Waals surface area contributed by atoms with Crippen LogP contribution in [0.1, 0.15) is 39.3 Å². The summed E-state index contributed by atoms with van der Waals surface area (Å²) in [7, 11) is 0. The zero-order chi connectivity index (χ0) is 22.1. The summed E-state index contributed by atoms with van der Waals surface area (Å²) in [5, 5.41) is 11.8. The molecule has 1 atom stereocenters. The second kappa shape index (κ2) is 8.36. The molecule has 0 saturated heterocycles. The zero-order valence-corrected chi connectivity index (χ0v) is 18.4. The molecular weight excluding hydrogens is 388 g/mol. The van der Waals surface area contributed by atoms with E-state index >= 15 is 0 Å². The second-order valence-electron chi connectivity index (χ2n) is 8.49. The topological polar surface area (TPSA) is 20.2 Å². The number of rotatable bonds is 4. The summed E-state index contributed by atoms with van der Waals surface area (Å²) in [6.45, 7) is 4.21. The summed E-state index contributed by atoms with van der Waals surface area (Å²) in [5.41, 5.74) is 9.99. The standard InChI is InChI=1S/C31H26O/c1-21-13-17-25(18-14-21)27-28(26-19-15-22(2)16-20-26)30(24-11-7-4-8-12-24)31(32)29(27)23-9-5-3-6-10-23/h3-20,29,32H,1-2H3. The maximum atomic E-state index is 11.8. The molecule has 1 aliphatic rings. The smallest absolute Gasteiger partial charge is 0.113 e. The Morgan fingerprint density at radius 1 is 0.500 bits per heavy atom. The average Bonchev–Trinajstić information content (AvgIpc) is 3.14. The molecule has 0 fully saturated rings. The largest absolute Gasteiger partial charge is 0.511 e. The van der Waals surface area contributed by atoms with Gasteiger partial charge in [0.05, 0.1) is 5.92 Å². The van der Waals surface area contributed by atoms with Crippen LogP contribution in [0, 0.1) is 13.8 Å². The van der Waals surface area contributed by atoms with Crippen LogP contribution in [-0.2, 0) is 0 Å². The first-order chi connectivity index (χ1) is 15.6. The SMILES string of the molecule is Cc1ccc(C2=C(c3ccc(C)cc3)C(c3ccccc3)C(O)=C2c2ccccc2)cc1. The van der Waals surface area contributed by atoms with E-state index in [9.17, 15) is 5.11 Å². The molecule has 156 valence electrons. The third-order valence-corrected chi connectivity index (χ3v) is 6.24. The molecule has 0 spiro atoms. The summed E-state index contributed by atoms with van der Waals surface area (Å²) < 4.78 is 0. The van der Waals surface area contributed by atoms with E-state index in [0.29, 0.717) is 5.76 Å². The molecule has 32 heavy (non-hydrogen) atoms. The predicted octanol–water partition coefficient (Wildman–Crippen LogP) is 7.98. The molecule has 0 heterocycles. The van der Waals surface area contributed by atoms with Crippen molar-refractivity contribution >= 4 is 16.7 Å². The Kier molecular flexibility index (Phi) is 5.25. The van der Waals surface area contributed by atoms with Gasteiger partial charge in [-0.2, -0.15) is 0 Å². The van der Waals surface area contributed by atoms with Crippen molar-refractivity contribution in [3.63, 3.8) is 0 Å². The van der Waals surface area contributed by atoms with E-state index < -0.39 is 0 Å². The zero-order valence-electron chi connectivity index (χ0n) is 18.4. The molecule has 1 aliphatic carbocycles. The Labute approximate surface area is 190 Å². The number of allylic oxidation sites excluding steroid dienone is 3. The van der Waals surface area contributed by atoms with Crippen LogP contribution in [0.15, 0.2) is 115 Å². The minimum atomic E-state index is -0.217. The highest BCUT2D eigenvalue weighted by atomic mass is 16.3. The molecule has 4 aromatic carbocycles. The van der Waals surface area contributed by atoms with Crippen LogP contribution in [0.5, 0.6) is 0 Å². The van der Waals surface area contributed by atoms with Crippen molar-refractivity contribution in [2.45, 2.75) is 19.8 Å². The van der Waals surface area contributed by atoms with Gasteiger partial charge in [0, 0.05) is 5.57 Å². The van der Waals surface area contributed by atoms with Gasteiger partial charge in [-0.25, -0.2) is 0 Å². The quantitative estimate of drug-likeness (QED) is 0.359. The highest BCUT2D eigenvalue weighted by Crippen LogP contribution is 2.54. The molecule has 4 aromatic rings. The molecule has 0 amide bonds. The van der Waals surface area contributed by atoms with E-state index in [1.54, 1.807) is 0 Å². The average molecular weight is 415 g/mol. The van der Waals surface area contributed by atoms with Crippen LogP contribution in [-0.4, -0.2) is 5.11 Å². The number of aryl methyl sites for hydroxylation is 2. The molecule has 1 heteroatoms. The van der Waals surface area contributed by atoms with Crippen LogP contribution >= 0.6 is 0 Å². The first kappa shape index (κ1) is 20.1. The lowest BCUT2D eigenvalue weighted by Crippen LogP contribution is -2.03. The van der Waals surface area contributed by atoms with E-state index in [1.165, 1.54) is 11.1 Å². The lowest BCUT2D eigenvalue weighted by atomic mass is 9.85. The summed E-state index contributed by atoms with van der Waals surface area (Å²) in [5.74, 6) is 0.193. The first-order valence-corrected chi connectivity index (χ1v) is 11.1. The normalized spacial score (nSPS) is 16.0. The van der Waals surface area contributed by atoms with Crippen LogP contribution in [0.4, 0.5) is 0 Å². The molecule has 0 saturated carbocycles. The molecule has 1 nitrogen and oxygen atoms in total. The van der Waals surface area contributed by atoms with Gasteiger partial charge in [-0.05, 0) is 47.2 Å². The summed E-state index contributed by atoms with van der Waals surface area (Å²) in [6, 6.07) is 37.8. The number of hydrogen-bond donors (Lipinski definition) is 1. The van der Waals surface area contributed by atoms with Crippen molar-refractivity contribution in [1.82, 2.24) is 0 Å². The Morgan fingerprint density at radius 2 is 0.969 bits per heavy atom. The highest BCUT2D eigenvalue weighted by molar-refractivity contribution is 6.20. The molecule has 0 aliphatic heterocycles. The fourth-order valence-electron chi connectivity index (χ4n) is 4.62. The second-order valence-corrected chi connectivity index (χ2v) is 8.49. The van der Waals surface area contributed by atoms with Crippen molar-refractivity contribution in [2.75, 3.05) is 0 Å². The Morgan fingerprint density at radius 3 is 1.53 bits per heavy atom. The van der Waals surface area contributed by atoms with Crippen molar-refractivity contribution in [1.29, 1.82) is 0 Å². The monoisotopic (exact) mass is 414 g/mol. The third kappa shape index (κ3) is 3.56. The Balaban J connectivity index is 1.86. The van der Waals surface area contributed by atoms with Crippen molar-refractivity contribution in [3.8, 4) is 0 Å². The van der Waals surface area contributed by atoms with E-state index in [4.69, 9.17) is 0 Å². The minimum Gasteiger partial charge on any atom is -0.511 e. The highest BCUT2D eigenvalue weighted by Gasteiger charge is 2.36. The number of aliphatic hydroxyl groups excluding tert-OH is 1. The molecule has 0 bridgehead atoms. The molecule has 0 aromatic heterocycles. The maximum absolute atomic E-state index is 11.8. The van der Waals surface area contributed by atoms with Gasteiger partial charge in [0.2, 0.25) is 0 Å². The predicted molar refractivity (Wildman–Crippen MR) is 134 cm³/mol. The lowest BCUT2D eigenvalue weighted by molar-refractivity contribution is 0.393. The Bertz CT molecular complexity index is 1290. The van der Waals surface area contributed by atoms with Crippen LogP contribution < -0.4 is 0 Å². The summed E-state index contributed by atoms with van der Waals surface area (Å²) in [6.07, 6.45) is 0. The van der Waals surface area contributed by atoms with Crippen molar-refractivity contribution in [2.24, 2.45) is 0 Å².